The van der Waals surface area contributed by atoms with Gasteiger partial charge in [0.25, 0.3) is 0 Å². The second-order valence-corrected chi connectivity index (χ2v) is 7.08. The predicted molar refractivity (Wildman–Crippen MR) is 89.5 cm³/mol. The molecule has 0 spiro atoms. The highest BCUT2D eigenvalue weighted by molar-refractivity contribution is 7.89. The molecule has 142 valence electrons. The number of rotatable bonds is 7. The van der Waals surface area contributed by atoms with Crippen LogP contribution in [-0.2, 0) is 10.0 Å². The zero-order valence-corrected chi connectivity index (χ0v) is 14.9. The lowest BCUT2D eigenvalue weighted by Crippen LogP contribution is -2.27. The maximum atomic E-state index is 12.4. The van der Waals surface area contributed by atoms with Gasteiger partial charge in [-0.15, -0.1) is 13.2 Å². The van der Waals surface area contributed by atoms with Crippen LogP contribution in [0.4, 0.5) is 13.2 Å². The molecule has 5 nitrogen and oxygen atoms in total. The van der Waals surface area contributed by atoms with E-state index < -0.39 is 28.2 Å². The van der Waals surface area contributed by atoms with Crippen LogP contribution in [0.1, 0.15) is 25.5 Å². The molecule has 26 heavy (non-hydrogen) atoms. The number of alkyl halides is 3. The van der Waals surface area contributed by atoms with Crippen LogP contribution in [0, 0.1) is 0 Å². The van der Waals surface area contributed by atoms with E-state index in [2.05, 4.69) is 9.46 Å². The molecule has 0 bridgehead atoms. The topological polar surface area (TPSA) is 64.6 Å². The molecule has 2 aromatic rings. The van der Waals surface area contributed by atoms with Gasteiger partial charge in [0.2, 0.25) is 10.0 Å². The maximum Gasteiger partial charge on any atom is 0.573 e. The van der Waals surface area contributed by atoms with E-state index in [4.69, 9.17) is 4.74 Å². The first-order valence-electron chi connectivity index (χ1n) is 7.71. The predicted octanol–water partition coefficient (Wildman–Crippen LogP) is 4.02. The summed E-state index contributed by atoms with van der Waals surface area (Å²) in [6.45, 7) is 3.99. The van der Waals surface area contributed by atoms with Gasteiger partial charge >= 0.3 is 6.36 Å². The Bertz CT molecular complexity index is 836. The lowest BCUT2D eigenvalue weighted by molar-refractivity contribution is -0.274. The van der Waals surface area contributed by atoms with Gasteiger partial charge in [0, 0.05) is 12.1 Å². The van der Waals surface area contributed by atoms with Crippen molar-refractivity contribution in [3.8, 4) is 11.5 Å². The van der Waals surface area contributed by atoms with Gasteiger partial charge in [0.05, 0.1) is 11.5 Å². The Morgan fingerprint density at radius 1 is 1.08 bits per heavy atom. The van der Waals surface area contributed by atoms with Crippen molar-refractivity contribution >= 4 is 10.0 Å². The fourth-order valence-electron chi connectivity index (χ4n) is 2.23. The molecule has 1 N–H and O–H groups in total. The lowest BCUT2D eigenvalue weighted by Gasteiger charge is -2.16. The summed E-state index contributed by atoms with van der Waals surface area (Å²) in [5.74, 6) is 0.0532. The van der Waals surface area contributed by atoms with Gasteiger partial charge < -0.3 is 9.47 Å². The number of nitrogens with one attached hydrogen (secondary N) is 1. The summed E-state index contributed by atoms with van der Waals surface area (Å²) in [6.07, 6.45) is -4.90. The molecule has 2 rings (SSSR count). The second kappa shape index (κ2) is 7.96. The number of hydrogen-bond acceptors (Lipinski definition) is 4. The summed E-state index contributed by atoms with van der Waals surface area (Å²) in [5, 5.41) is 0. The molecule has 1 atom stereocenters. The van der Waals surface area contributed by atoms with Gasteiger partial charge in [-0.25, -0.2) is 13.1 Å². The Balaban J connectivity index is 2.16. The van der Waals surface area contributed by atoms with E-state index in [-0.39, 0.29) is 4.90 Å². The van der Waals surface area contributed by atoms with E-state index >= 15 is 0 Å². The summed E-state index contributed by atoms with van der Waals surface area (Å²) >= 11 is 0. The van der Waals surface area contributed by atoms with Gasteiger partial charge in [-0.05, 0) is 43.7 Å². The van der Waals surface area contributed by atoms with Gasteiger partial charge in [0.1, 0.15) is 11.5 Å². The van der Waals surface area contributed by atoms with Crippen LogP contribution in [0.2, 0.25) is 0 Å². The SMILES string of the molecule is CCOc1ccc(C(C)NS(=O)(=O)c2cccc(OC(F)(F)F)c2)cc1. The van der Waals surface area contributed by atoms with Crippen LogP contribution in [0.5, 0.6) is 11.5 Å². The van der Waals surface area contributed by atoms with Crippen molar-refractivity contribution < 1.29 is 31.1 Å². The quantitative estimate of drug-likeness (QED) is 0.777. The van der Waals surface area contributed by atoms with E-state index in [1.54, 1.807) is 31.2 Å². The van der Waals surface area contributed by atoms with Crippen molar-refractivity contribution in [3.63, 3.8) is 0 Å². The summed E-state index contributed by atoms with van der Waals surface area (Å²) in [7, 11) is -4.03. The summed E-state index contributed by atoms with van der Waals surface area (Å²) in [5.41, 5.74) is 0.680. The fraction of sp³-hybridized carbons (Fsp3) is 0.294. The van der Waals surface area contributed by atoms with Crippen LogP contribution in [0.3, 0.4) is 0 Å². The molecule has 0 aliphatic carbocycles. The maximum absolute atomic E-state index is 12.4. The lowest BCUT2D eigenvalue weighted by atomic mass is 10.1. The van der Waals surface area contributed by atoms with Gasteiger partial charge in [-0.3, -0.25) is 0 Å². The van der Waals surface area contributed by atoms with Crippen LogP contribution in [0.15, 0.2) is 53.4 Å². The molecule has 0 aliphatic rings. The molecule has 0 saturated heterocycles. The summed E-state index contributed by atoms with van der Waals surface area (Å²) < 4.78 is 73.2. The van der Waals surface area contributed by atoms with Crippen molar-refractivity contribution in [1.82, 2.24) is 4.72 Å². The third kappa shape index (κ3) is 5.63. The van der Waals surface area contributed by atoms with E-state index in [0.717, 1.165) is 12.1 Å². The number of benzene rings is 2. The molecular weight excluding hydrogens is 371 g/mol. The highest BCUT2D eigenvalue weighted by atomic mass is 32.2. The summed E-state index contributed by atoms with van der Waals surface area (Å²) in [4.78, 5) is -0.322. The molecular formula is C17H18F3NO4S. The minimum atomic E-state index is -4.90. The monoisotopic (exact) mass is 389 g/mol. The Morgan fingerprint density at radius 2 is 1.73 bits per heavy atom. The molecule has 0 saturated carbocycles. The highest BCUT2D eigenvalue weighted by Crippen LogP contribution is 2.26. The van der Waals surface area contributed by atoms with E-state index in [0.29, 0.717) is 17.9 Å². The number of halogens is 3. The molecule has 0 aromatic heterocycles. The molecule has 1 unspecified atom stereocenters. The number of hydrogen-bond donors (Lipinski definition) is 1. The minimum absolute atomic E-state index is 0.322. The van der Waals surface area contributed by atoms with Gasteiger partial charge in [-0.2, -0.15) is 0 Å². The highest BCUT2D eigenvalue weighted by Gasteiger charge is 2.31. The minimum Gasteiger partial charge on any atom is -0.494 e. The van der Waals surface area contributed by atoms with Crippen LogP contribution < -0.4 is 14.2 Å². The standard InChI is InChI=1S/C17H18F3NO4S/c1-3-24-14-9-7-13(8-10-14)12(2)21-26(22,23)16-6-4-5-15(11-16)25-17(18,19)20/h4-12,21H,3H2,1-2H3. The van der Waals surface area contributed by atoms with Gasteiger partial charge in [-0.1, -0.05) is 18.2 Å². The third-order valence-electron chi connectivity index (χ3n) is 3.37. The van der Waals surface area contributed by atoms with Crippen LogP contribution >= 0.6 is 0 Å². The van der Waals surface area contributed by atoms with Gasteiger partial charge in [0.15, 0.2) is 0 Å². The number of sulfonamides is 1. The van der Waals surface area contributed by atoms with Crippen molar-refractivity contribution in [2.75, 3.05) is 6.61 Å². The average molecular weight is 389 g/mol. The van der Waals surface area contributed by atoms with Crippen LogP contribution in [-0.4, -0.2) is 21.4 Å². The van der Waals surface area contributed by atoms with E-state index in [1.165, 1.54) is 12.1 Å². The van der Waals surface area contributed by atoms with E-state index in [9.17, 15) is 21.6 Å². The first-order valence-corrected chi connectivity index (χ1v) is 9.20. The van der Waals surface area contributed by atoms with E-state index in [1.807, 2.05) is 6.92 Å². The van der Waals surface area contributed by atoms with Crippen molar-refractivity contribution in [2.45, 2.75) is 31.1 Å². The molecule has 9 heteroatoms. The molecule has 0 heterocycles. The Labute approximate surface area is 149 Å². The largest absolute Gasteiger partial charge is 0.573 e. The third-order valence-corrected chi connectivity index (χ3v) is 4.91. The zero-order valence-electron chi connectivity index (χ0n) is 14.1. The Morgan fingerprint density at radius 3 is 2.31 bits per heavy atom. The summed E-state index contributed by atoms with van der Waals surface area (Å²) in [6, 6.07) is 10.5. The Kier molecular flexibility index (Phi) is 6.14. The molecule has 0 radical (unpaired) electrons. The second-order valence-electron chi connectivity index (χ2n) is 5.37. The first kappa shape index (κ1) is 20.1. The smallest absolute Gasteiger partial charge is 0.494 e. The average Bonchev–Trinajstić information content (AvgIpc) is 2.54. The van der Waals surface area contributed by atoms with Crippen molar-refractivity contribution in [2.24, 2.45) is 0 Å². The number of ether oxygens (including phenoxy) is 2. The van der Waals surface area contributed by atoms with Crippen molar-refractivity contribution in [1.29, 1.82) is 0 Å². The molecule has 0 amide bonds. The van der Waals surface area contributed by atoms with Crippen LogP contribution in [0.25, 0.3) is 0 Å². The van der Waals surface area contributed by atoms with Crippen molar-refractivity contribution in [3.05, 3.63) is 54.1 Å². The fourth-order valence-corrected chi connectivity index (χ4v) is 3.49. The normalized spacial score (nSPS) is 13.3. The molecule has 0 aliphatic heterocycles. The molecule has 0 fully saturated rings. The molecule has 2 aromatic carbocycles. The Hall–Kier alpha value is -2.26. The first-order chi connectivity index (χ1) is 12.1. The zero-order chi connectivity index (χ0) is 19.4.